The van der Waals surface area contributed by atoms with Gasteiger partial charge in [0.2, 0.25) is 11.8 Å². The number of imide groups is 1. The van der Waals surface area contributed by atoms with E-state index >= 15 is 0 Å². The summed E-state index contributed by atoms with van der Waals surface area (Å²) < 4.78 is 0. The lowest BCUT2D eigenvalue weighted by molar-refractivity contribution is -0.129. The molecule has 3 nitrogen and oxygen atoms in total. The van der Waals surface area contributed by atoms with Gasteiger partial charge in [0.25, 0.3) is 0 Å². The van der Waals surface area contributed by atoms with Gasteiger partial charge in [-0.1, -0.05) is 41.4 Å². The minimum absolute atomic E-state index is 0.104. The topological polar surface area (TPSA) is 37.4 Å². The van der Waals surface area contributed by atoms with Crippen LogP contribution in [-0.4, -0.2) is 11.8 Å². The SMILES string of the molecule is O=C1CC(c2ccc(Cl)cc2)CC(=O)N1c1cccc(Cl)c1. The standard InChI is InChI=1S/C17H13Cl2NO2/c18-13-6-4-11(5-7-13)12-8-16(21)20(17(22)9-12)15-3-1-2-14(19)10-15/h1-7,10,12H,8-9H2. The van der Waals surface area contributed by atoms with Crippen LogP contribution in [0.15, 0.2) is 48.5 Å². The molecule has 0 spiro atoms. The van der Waals surface area contributed by atoms with Crippen molar-refractivity contribution in [1.82, 2.24) is 0 Å². The summed E-state index contributed by atoms with van der Waals surface area (Å²) in [6.45, 7) is 0. The van der Waals surface area contributed by atoms with E-state index in [0.29, 0.717) is 28.6 Å². The zero-order valence-corrected chi connectivity index (χ0v) is 13.1. The first-order valence-electron chi connectivity index (χ1n) is 6.91. The van der Waals surface area contributed by atoms with E-state index in [1.54, 1.807) is 36.4 Å². The number of benzene rings is 2. The number of rotatable bonds is 2. The third-order valence-corrected chi connectivity index (χ3v) is 4.24. The molecule has 0 bridgehead atoms. The molecule has 3 rings (SSSR count). The van der Waals surface area contributed by atoms with Gasteiger partial charge in [0, 0.05) is 28.8 Å². The van der Waals surface area contributed by atoms with Crippen molar-refractivity contribution in [3.05, 3.63) is 64.1 Å². The summed E-state index contributed by atoms with van der Waals surface area (Å²) in [5.74, 6) is -0.523. The molecule has 2 aromatic rings. The van der Waals surface area contributed by atoms with Gasteiger partial charge >= 0.3 is 0 Å². The molecular weight excluding hydrogens is 321 g/mol. The highest BCUT2D eigenvalue weighted by atomic mass is 35.5. The Morgan fingerprint density at radius 1 is 0.864 bits per heavy atom. The molecule has 0 saturated carbocycles. The maximum absolute atomic E-state index is 12.4. The van der Waals surface area contributed by atoms with Crippen LogP contribution < -0.4 is 4.90 Å². The van der Waals surface area contributed by atoms with E-state index in [9.17, 15) is 9.59 Å². The second-order valence-corrected chi connectivity index (χ2v) is 6.13. The van der Waals surface area contributed by atoms with Crippen molar-refractivity contribution in [3.8, 4) is 0 Å². The summed E-state index contributed by atoms with van der Waals surface area (Å²) in [4.78, 5) is 26.0. The maximum atomic E-state index is 12.4. The normalized spacial score (nSPS) is 16.2. The molecule has 1 aliphatic heterocycles. The molecule has 0 aliphatic carbocycles. The number of carbonyl (C=O) groups is 2. The predicted molar refractivity (Wildman–Crippen MR) is 87.4 cm³/mol. The van der Waals surface area contributed by atoms with Crippen LogP contribution in [-0.2, 0) is 9.59 Å². The summed E-state index contributed by atoms with van der Waals surface area (Å²) in [5.41, 5.74) is 1.48. The molecule has 22 heavy (non-hydrogen) atoms. The first-order valence-corrected chi connectivity index (χ1v) is 7.67. The fourth-order valence-electron chi connectivity index (χ4n) is 2.69. The summed E-state index contributed by atoms with van der Waals surface area (Å²) in [6, 6.07) is 14.0. The van der Waals surface area contributed by atoms with Crippen LogP contribution in [0.1, 0.15) is 24.3 Å². The first-order chi connectivity index (χ1) is 10.5. The van der Waals surface area contributed by atoms with Crippen LogP contribution in [0.5, 0.6) is 0 Å². The maximum Gasteiger partial charge on any atom is 0.234 e. The number of nitrogens with zero attached hydrogens (tertiary/aromatic N) is 1. The Morgan fingerprint density at radius 3 is 2.09 bits per heavy atom. The zero-order valence-electron chi connectivity index (χ0n) is 11.6. The van der Waals surface area contributed by atoms with Crippen molar-refractivity contribution in [2.75, 3.05) is 4.90 Å². The van der Waals surface area contributed by atoms with E-state index in [4.69, 9.17) is 23.2 Å². The van der Waals surface area contributed by atoms with Crippen molar-refractivity contribution >= 4 is 40.7 Å². The number of halogens is 2. The fraction of sp³-hybridized carbons (Fsp3) is 0.176. The molecule has 1 aliphatic rings. The highest BCUT2D eigenvalue weighted by molar-refractivity contribution is 6.31. The molecule has 0 aromatic heterocycles. The molecular formula is C17H13Cl2NO2. The van der Waals surface area contributed by atoms with Crippen molar-refractivity contribution in [2.24, 2.45) is 0 Å². The Morgan fingerprint density at radius 2 is 1.50 bits per heavy atom. The summed E-state index contributed by atoms with van der Waals surface area (Å²) >= 11 is 11.8. The van der Waals surface area contributed by atoms with Crippen molar-refractivity contribution in [1.29, 1.82) is 0 Å². The Bertz CT molecular complexity index is 710. The van der Waals surface area contributed by atoms with Crippen molar-refractivity contribution < 1.29 is 9.59 Å². The number of amides is 2. The summed E-state index contributed by atoms with van der Waals surface area (Å²) in [7, 11) is 0. The van der Waals surface area contributed by atoms with Gasteiger partial charge in [-0.05, 0) is 35.9 Å². The van der Waals surface area contributed by atoms with E-state index in [2.05, 4.69) is 0 Å². The van der Waals surface area contributed by atoms with Gasteiger partial charge in [0.15, 0.2) is 0 Å². The second-order valence-electron chi connectivity index (χ2n) is 5.26. The lowest BCUT2D eigenvalue weighted by Gasteiger charge is -2.30. The van der Waals surface area contributed by atoms with E-state index in [-0.39, 0.29) is 17.7 Å². The van der Waals surface area contributed by atoms with E-state index in [0.717, 1.165) is 5.56 Å². The van der Waals surface area contributed by atoms with Crippen LogP contribution in [0.2, 0.25) is 10.0 Å². The molecule has 0 radical (unpaired) electrons. The Hall–Kier alpha value is -1.84. The smallest absolute Gasteiger partial charge is 0.234 e. The minimum Gasteiger partial charge on any atom is -0.274 e. The molecule has 2 aromatic carbocycles. The van der Waals surface area contributed by atoms with E-state index < -0.39 is 0 Å². The molecule has 1 heterocycles. The Labute approximate surface area is 138 Å². The van der Waals surface area contributed by atoms with Gasteiger partial charge in [-0.15, -0.1) is 0 Å². The molecule has 0 unspecified atom stereocenters. The first kappa shape index (κ1) is 15.1. The third-order valence-electron chi connectivity index (χ3n) is 3.75. The number of piperidine rings is 1. The molecule has 0 N–H and O–H groups in total. The summed E-state index contributed by atoms with van der Waals surface area (Å²) in [5, 5.41) is 1.13. The number of anilines is 1. The van der Waals surface area contributed by atoms with Gasteiger partial charge < -0.3 is 0 Å². The molecule has 0 atom stereocenters. The average molecular weight is 334 g/mol. The van der Waals surface area contributed by atoms with E-state index in [1.807, 2.05) is 12.1 Å². The van der Waals surface area contributed by atoms with Gasteiger partial charge in [0.05, 0.1) is 5.69 Å². The zero-order chi connectivity index (χ0) is 15.7. The largest absolute Gasteiger partial charge is 0.274 e. The van der Waals surface area contributed by atoms with Gasteiger partial charge in [-0.2, -0.15) is 0 Å². The highest BCUT2D eigenvalue weighted by Crippen LogP contribution is 2.33. The average Bonchev–Trinajstić information content (AvgIpc) is 2.47. The quantitative estimate of drug-likeness (QED) is 0.762. The number of hydrogen-bond acceptors (Lipinski definition) is 2. The molecule has 112 valence electrons. The van der Waals surface area contributed by atoms with E-state index in [1.165, 1.54) is 4.90 Å². The van der Waals surface area contributed by atoms with Crippen LogP contribution in [0.25, 0.3) is 0 Å². The third kappa shape index (κ3) is 3.01. The molecule has 5 heteroatoms. The summed E-state index contributed by atoms with van der Waals surface area (Å²) in [6.07, 6.45) is 0.583. The number of carbonyl (C=O) groups excluding carboxylic acids is 2. The van der Waals surface area contributed by atoms with Gasteiger partial charge in [0.1, 0.15) is 0 Å². The minimum atomic E-state index is -0.210. The van der Waals surface area contributed by atoms with Crippen LogP contribution in [0, 0.1) is 0 Å². The van der Waals surface area contributed by atoms with Crippen LogP contribution in [0.4, 0.5) is 5.69 Å². The molecule has 1 fully saturated rings. The molecule has 1 saturated heterocycles. The number of hydrogen-bond donors (Lipinski definition) is 0. The van der Waals surface area contributed by atoms with Crippen LogP contribution >= 0.6 is 23.2 Å². The highest BCUT2D eigenvalue weighted by Gasteiger charge is 2.34. The Kier molecular flexibility index (Phi) is 4.19. The monoisotopic (exact) mass is 333 g/mol. The predicted octanol–water partition coefficient (Wildman–Crippen LogP) is 4.43. The van der Waals surface area contributed by atoms with Gasteiger partial charge in [-0.25, -0.2) is 0 Å². The van der Waals surface area contributed by atoms with Crippen LogP contribution in [0.3, 0.4) is 0 Å². The molecule has 2 amide bonds. The van der Waals surface area contributed by atoms with Crippen molar-refractivity contribution in [2.45, 2.75) is 18.8 Å². The van der Waals surface area contributed by atoms with Crippen molar-refractivity contribution in [3.63, 3.8) is 0 Å². The Balaban J connectivity index is 1.84. The lowest BCUT2D eigenvalue weighted by atomic mass is 9.88. The fourth-order valence-corrected chi connectivity index (χ4v) is 3.00. The van der Waals surface area contributed by atoms with Gasteiger partial charge in [-0.3, -0.25) is 14.5 Å². The second kappa shape index (κ2) is 6.11. The lowest BCUT2D eigenvalue weighted by Crippen LogP contribution is -2.42.